The van der Waals surface area contributed by atoms with Crippen LogP contribution in [0.3, 0.4) is 0 Å². The smallest absolute Gasteiger partial charge is 0.337 e. The summed E-state index contributed by atoms with van der Waals surface area (Å²) in [5.74, 6) is -0.922. The van der Waals surface area contributed by atoms with Crippen LogP contribution in [0.1, 0.15) is 10.4 Å². The molecular formula is C11H11BrN2O2. The highest BCUT2D eigenvalue weighted by molar-refractivity contribution is 9.10. The molecule has 2 rings (SSSR count). The van der Waals surface area contributed by atoms with Crippen molar-refractivity contribution in [3.8, 4) is 0 Å². The maximum Gasteiger partial charge on any atom is 0.337 e. The number of aromatic carboxylic acids is 1. The molecule has 0 saturated carbocycles. The summed E-state index contributed by atoms with van der Waals surface area (Å²) < 4.78 is 0.866. The van der Waals surface area contributed by atoms with Crippen LogP contribution in [-0.2, 0) is 0 Å². The Bertz CT molecular complexity index is 560. The third-order valence-electron chi connectivity index (χ3n) is 2.45. The number of aromatic nitrogens is 1. The quantitative estimate of drug-likeness (QED) is 0.891. The molecule has 1 heterocycles. The topological polar surface area (TPSA) is 56.3 Å². The maximum absolute atomic E-state index is 11.0. The van der Waals surface area contributed by atoms with Crippen LogP contribution in [0.2, 0.25) is 0 Å². The number of rotatable bonds is 2. The van der Waals surface area contributed by atoms with Gasteiger partial charge in [0.05, 0.1) is 16.8 Å². The van der Waals surface area contributed by atoms with Gasteiger partial charge in [-0.2, -0.15) is 0 Å². The molecule has 0 atom stereocenters. The van der Waals surface area contributed by atoms with Crippen molar-refractivity contribution in [2.45, 2.75) is 0 Å². The highest BCUT2D eigenvalue weighted by Crippen LogP contribution is 2.31. The minimum absolute atomic E-state index is 0.291. The molecule has 0 fully saturated rings. The van der Waals surface area contributed by atoms with Gasteiger partial charge in [-0.15, -0.1) is 0 Å². The molecule has 16 heavy (non-hydrogen) atoms. The van der Waals surface area contributed by atoms with E-state index in [1.54, 1.807) is 0 Å². The second kappa shape index (κ2) is 3.83. The number of carbonyl (C=O) groups is 1. The van der Waals surface area contributed by atoms with Gasteiger partial charge in [0, 0.05) is 30.2 Å². The summed E-state index contributed by atoms with van der Waals surface area (Å²) in [6.45, 7) is 0. The fraction of sp³-hybridized carbons (Fsp3) is 0.182. The predicted octanol–water partition coefficient (Wildman–Crippen LogP) is 2.69. The van der Waals surface area contributed by atoms with Crippen molar-refractivity contribution in [1.29, 1.82) is 0 Å². The summed E-state index contributed by atoms with van der Waals surface area (Å²) in [5.41, 5.74) is 2.09. The minimum atomic E-state index is -0.922. The average molecular weight is 283 g/mol. The normalized spacial score (nSPS) is 10.7. The summed E-state index contributed by atoms with van der Waals surface area (Å²) in [6.07, 6.45) is 1.52. The van der Waals surface area contributed by atoms with E-state index in [-0.39, 0.29) is 0 Å². The predicted molar refractivity (Wildman–Crippen MR) is 67.3 cm³/mol. The summed E-state index contributed by atoms with van der Waals surface area (Å²) in [5, 5.41) is 9.76. The minimum Gasteiger partial charge on any atom is -0.478 e. The third-order valence-corrected chi connectivity index (χ3v) is 2.90. The SMILES string of the molecule is CN(C)c1cc(Br)cc2c(C(=O)O)c[nH]c12. The van der Waals surface area contributed by atoms with Crippen LogP contribution in [0.4, 0.5) is 5.69 Å². The first-order valence-electron chi connectivity index (χ1n) is 4.72. The lowest BCUT2D eigenvalue weighted by molar-refractivity contribution is 0.0699. The number of carboxylic acid groups (broad SMARTS) is 1. The molecule has 1 aromatic heterocycles. The van der Waals surface area contributed by atoms with Gasteiger partial charge in [0.25, 0.3) is 0 Å². The zero-order chi connectivity index (χ0) is 11.9. The second-order valence-electron chi connectivity index (χ2n) is 3.75. The van der Waals surface area contributed by atoms with Gasteiger partial charge in [-0.25, -0.2) is 4.79 Å². The van der Waals surface area contributed by atoms with Crippen LogP contribution in [-0.4, -0.2) is 30.2 Å². The number of carboxylic acids is 1. The van der Waals surface area contributed by atoms with E-state index in [0.29, 0.717) is 10.9 Å². The molecule has 2 aromatic rings. The molecule has 0 aliphatic heterocycles. The highest BCUT2D eigenvalue weighted by Gasteiger charge is 2.14. The van der Waals surface area contributed by atoms with Crippen LogP contribution in [0, 0.1) is 0 Å². The van der Waals surface area contributed by atoms with Crippen molar-refractivity contribution in [2.75, 3.05) is 19.0 Å². The molecule has 84 valence electrons. The zero-order valence-electron chi connectivity index (χ0n) is 8.91. The van der Waals surface area contributed by atoms with Crippen LogP contribution in [0.15, 0.2) is 22.8 Å². The first kappa shape index (κ1) is 11.0. The van der Waals surface area contributed by atoms with Crippen LogP contribution in [0.5, 0.6) is 0 Å². The van der Waals surface area contributed by atoms with E-state index in [1.807, 2.05) is 31.1 Å². The van der Waals surface area contributed by atoms with E-state index in [0.717, 1.165) is 15.7 Å². The number of halogens is 1. The third kappa shape index (κ3) is 1.67. The molecule has 2 N–H and O–H groups in total. The fourth-order valence-corrected chi connectivity index (χ4v) is 2.15. The van der Waals surface area contributed by atoms with Gasteiger partial charge in [0.15, 0.2) is 0 Å². The Hall–Kier alpha value is -1.49. The molecule has 0 bridgehead atoms. The Labute approximate surface area is 101 Å². The van der Waals surface area contributed by atoms with Gasteiger partial charge in [0.2, 0.25) is 0 Å². The number of hydrogen-bond donors (Lipinski definition) is 2. The number of fused-ring (bicyclic) bond motifs is 1. The Morgan fingerprint density at radius 3 is 2.69 bits per heavy atom. The molecule has 5 heteroatoms. The number of nitrogens with one attached hydrogen (secondary N) is 1. The summed E-state index contributed by atoms with van der Waals surface area (Å²) in [4.78, 5) is 16.0. The molecule has 0 amide bonds. The van der Waals surface area contributed by atoms with Crippen LogP contribution >= 0.6 is 15.9 Å². The lowest BCUT2D eigenvalue weighted by Crippen LogP contribution is -2.09. The van der Waals surface area contributed by atoms with Gasteiger partial charge in [-0.05, 0) is 12.1 Å². The first-order chi connectivity index (χ1) is 7.50. The Morgan fingerprint density at radius 1 is 1.44 bits per heavy atom. The molecule has 4 nitrogen and oxygen atoms in total. The Morgan fingerprint density at radius 2 is 2.12 bits per heavy atom. The van der Waals surface area contributed by atoms with E-state index in [2.05, 4.69) is 20.9 Å². The van der Waals surface area contributed by atoms with Crippen LogP contribution in [0.25, 0.3) is 10.9 Å². The first-order valence-corrected chi connectivity index (χ1v) is 5.51. The number of anilines is 1. The Kier molecular flexibility index (Phi) is 2.63. The fourth-order valence-electron chi connectivity index (χ4n) is 1.71. The number of hydrogen-bond acceptors (Lipinski definition) is 2. The number of H-pyrrole nitrogens is 1. The molecule has 0 spiro atoms. The summed E-state index contributed by atoms with van der Waals surface area (Å²) >= 11 is 3.39. The van der Waals surface area contributed by atoms with Gasteiger partial charge in [-0.1, -0.05) is 15.9 Å². The molecular weight excluding hydrogens is 272 g/mol. The largest absolute Gasteiger partial charge is 0.478 e. The lowest BCUT2D eigenvalue weighted by atomic mass is 10.1. The maximum atomic E-state index is 11.0. The van der Waals surface area contributed by atoms with Crippen molar-refractivity contribution in [1.82, 2.24) is 4.98 Å². The lowest BCUT2D eigenvalue weighted by Gasteiger charge is -2.14. The van der Waals surface area contributed by atoms with E-state index in [1.165, 1.54) is 6.20 Å². The van der Waals surface area contributed by atoms with E-state index in [9.17, 15) is 4.79 Å². The number of aromatic amines is 1. The van der Waals surface area contributed by atoms with Crippen LogP contribution < -0.4 is 4.90 Å². The van der Waals surface area contributed by atoms with Gasteiger partial charge in [0.1, 0.15) is 0 Å². The van der Waals surface area contributed by atoms with E-state index in [4.69, 9.17) is 5.11 Å². The Balaban J connectivity index is 2.80. The number of benzene rings is 1. The summed E-state index contributed by atoms with van der Waals surface area (Å²) in [6, 6.07) is 3.76. The molecule has 0 radical (unpaired) electrons. The second-order valence-corrected chi connectivity index (χ2v) is 4.67. The molecule has 0 saturated heterocycles. The highest BCUT2D eigenvalue weighted by atomic mass is 79.9. The van der Waals surface area contributed by atoms with Gasteiger partial charge >= 0.3 is 5.97 Å². The molecule has 0 aliphatic rings. The van der Waals surface area contributed by atoms with Crippen molar-refractivity contribution in [3.05, 3.63) is 28.4 Å². The van der Waals surface area contributed by atoms with Crippen molar-refractivity contribution < 1.29 is 9.90 Å². The molecule has 0 unspecified atom stereocenters. The zero-order valence-corrected chi connectivity index (χ0v) is 10.5. The molecule has 0 aliphatic carbocycles. The summed E-state index contributed by atoms with van der Waals surface area (Å²) in [7, 11) is 3.84. The molecule has 1 aromatic carbocycles. The number of nitrogens with zero attached hydrogens (tertiary/aromatic N) is 1. The standard InChI is InChI=1S/C11H11BrN2O2/c1-14(2)9-4-6(12)3-7-8(11(15)16)5-13-10(7)9/h3-5,13H,1-2H3,(H,15,16). The van der Waals surface area contributed by atoms with E-state index < -0.39 is 5.97 Å². The average Bonchev–Trinajstić information content (AvgIpc) is 2.59. The monoisotopic (exact) mass is 282 g/mol. The van der Waals surface area contributed by atoms with Gasteiger partial charge in [-0.3, -0.25) is 0 Å². The van der Waals surface area contributed by atoms with Crippen molar-refractivity contribution in [3.63, 3.8) is 0 Å². The van der Waals surface area contributed by atoms with Crippen molar-refractivity contribution >= 4 is 38.5 Å². The van der Waals surface area contributed by atoms with E-state index >= 15 is 0 Å². The van der Waals surface area contributed by atoms with Crippen molar-refractivity contribution in [2.24, 2.45) is 0 Å². The van der Waals surface area contributed by atoms with Gasteiger partial charge < -0.3 is 15.0 Å².